The van der Waals surface area contributed by atoms with Crippen molar-refractivity contribution in [3.63, 3.8) is 0 Å². The molecule has 0 saturated heterocycles. The molecule has 0 bridgehead atoms. The number of halogens is 1. The monoisotopic (exact) mass is 428 g/mol. The summed E-state index contributed by atoms with van der Waals surface area (Å²) in [5.41, 5.74) is 2.84. The summed E-state index contributed by atoms with van der Waals surface area (Å²) in [6.07, 6.45) is 1.25. The molecule has 0 spiro atoms. The van der Waals surface area contributed by atoms with Crippen molar-refractivity contribution in [2.24, 2.45) is 0 Å². The van der Waals surface area contributed by atoms with E-state index in [0.717, 1.165) is 23.1 Å². The van der Waals surface area contributed by atoms with Crippen LogP contribution in [0.5, 0.6) is 5.75 Å². The number of hydrogen-bond donors (Lipinski definition) is 1. The molecule has 0 saturated carbocycles. The minimum Gasteiger partial charge on any atom is -0.484 e. The summed E-state index contributed by atoms with van der Waals surface area (Å²) >= 11 is 0. The van der Waals surface area contributed by atoms with E-state index in [2.05, 4.69) is 5.32 Å². The van der Waals surface area contributed by atoms with Crippen molar-refractivity contribution in [3.8, 4) is 5.75 Å². The molecule has 0 aliphatic rings. The van der Waals surface area contributed by atoms with E-state index in [1.165, 1.54) is 17.0 Å². The normalized spacial score (nSPS) is 12.7. The zero-order valence-corrected chi connectivity index (χ0v) is 19.1. The lowest BCUT2D eigenvalue weighted by Gasteiger charge is -2.31. The molecule has 2 atom stereocenters. The number of carbonyl (C=O) groups excluding carboxylic acids is 2. The van der Waals surface area contributed by atoms with Crippen LogP contribution in [0, 0.1) is 19.7 Å². The molecule has 2 aromatic carbocycles. The van der Waals surface area contributed by atoms with E-state index >= 15 is 0 Å². The largest absolute Gasteiger partial charge is 0.484 e. The lowest BCUT2D eigenvalue weighted by Crippen LogP contribution is -2.51. The van der Waals surface area contributed by atoms with Crippen molar-refractivity contribution in [1.29, 1.82) is 0 Å². The summed E-state index contributed by atoms with van der Waals surface area (Å²) in [7, 11) is 0. The van der Waals surface area contributed by atoms with Crippen LogP contribution in [0.3, 0.4) is 0 Å². The van der Waals surface area contributed by atoms with Gasteiger partial charge in [-0.1, -0.05) is 32.0 Å². The van der Waals surface area contributed by atoms with Gasteiger partial charge in [-0.15, -0.1) is 0 Å². The second kappa shape index (κ2) is 11.5. The Balaban J connectivity index is 2.22. The minimum atomic E-state index is -0.644. The van der Waals surface area contributed by atoms with Gasteiger partial charge in [-0.25, -0.2) is 4.39 Å². The van der Waals surface area contributed by atoms with Crippen LogP contribution in [0.15, 0.2) is 42.5 Å². The maximum absolute atomic E-state index is 13.3. The van der Waals surface area contributed by atoms with Gasteiger partial charge in [0, 0.05) is 12.6 Å². The molecule has 5 nitrogen and oxygen atoms in total. The van der Waals surface area contributed by atoms with Gasteiger partial charge < -0.3 is 15.0 Å². The summed E-state index contributed by atoms with van der Waals surface area (Å²) in [5, 5.41) is 2.97. The Hall–Kier alpha value is -2.89. The van der Waals surface area contributed by atoms with E-state index in [1.54, 1.807) is 12.1 Å². The van der Waals surface area contributed by atoms with Crippen LogP contribution in [0.1, 0.15) is 50.3 Å². The average Bonchev–Trinajstić information content (AvgIpc) is 2.72. The molecule has 6 heteroatoms. The maximum atomic E-state index is 13.3. The highest BCUT2D eigenvalue weighted by molar-refractivity contribution is 5.88. The van der Waals surface area contributed by atoms with E-state index in [-0.39, 0.29) is 36.8 Å². The van der Waals surface area contributed by atoms with Gasteiger partial charge in [0.25, 0.3) is 5.91 Å². The summed E-state index contributed by atoms with van der Waals surface area (Å²) in [6, 6.07) is 11.1. The molecule has 0 aromatic heterocycles. The molecule has 31 heavy (non-hydrogen) atoms. The standard InChI is InChI=1S/C25H33FN2O3/c1-6-19(5)27-25(30)23(7-2)28(15-20-8-10-21(26)11-9-20)24(29)16-31-22-13-17(3)12-18(4)14-22/h8-14,19,23H,6-7,15-16H2,1-5H3,(H,27,30)/t19-,23+/m0/s1. The van der Waals surface area contributed by atoms with Gasteiger partial charge in [0.1, 0.15) is 17.6 Å². The number of carbonyl (C=O) groups is 2. The molecule has 0 fully saturated rings. The zero-order valence-electron chi connectivity index (χ0n) is 19.1. The van der Waals surface area contributed by atoms with E-state index in [1.807, 2.05) is 52.8 Å². The fraction of sp³-hybridized carbons (Fsp3) is 0.440. The van der Waals surface area contributed by atoms with Gasteiger partial charge in [0.15, 0.2) is 6.61 Å². The first kappa shape index (κ1) is 24.4. The van der Waals surface area contributed by atoms with Crippen molar-refractivity contribution in [2.45, 2.75) is 66.1 Å². The predicted octanol–water partition coefficient (Wildman–Crippen LogP) is 4.54. The molecule has 0 heterocycles. The molecule has 2 amide bonds. The second-order valence-electron chi connectivity index (χ2n) is 8.00. The summed E-state index contributed by atoms with van der Waals surface area (Å²) < 4.78 is 19.1. The fourth-order valence-electron chi connectivity index (χ4n) is 3.39. The lowest BCUT2D eigenvalue weighted by atomic mass is 10.1. The van der Waals surface area contributed by atoms with Crippen LogP contribution in [0.25, 0.3) is 0 Å². The third-order valence-electron chi connectivity index (χ3n) is 5.21. The molecule has 2 rings (SSSR count). The molecular formula is C25H33FN2O3. The van der Waals surface area contributed by atoms with E-state index in [4.69, 9.17) is 4.74 Å². The van der Waals surface area contributed by atoms with Crippen molar-refractivity contribution >= 4 is 11.8 Å². The van der Waals surface area contributed by atoms with Crippen LogP contribution < -0.4 is 10.1 Å². The first-order chi connectivity index (χ1) is 14.7. The minimum absolute atomic E-state index is 0.0100. The Bertz CT molecular complexity index is 863. The van der Waals surface area contributed by atoms with Gasteiger partial charge in [-0.2, -0.15) is 0 Å². The lowest BCUT2D eigenvalue weighted by molar-refractivity contribution is -0.143. The highest BCUT2D eigenvalue weighted by Gasteiger charge is 2.29. The molecule has 2 aromatic rings. The SMILES string of the molecule is CC[C@H](C(=O)N[C@@H](C)CC)N(Cc1ccc(F)cc1)C(=O)COc1cc(C)cc(C)c1. The van der Waals surface area contributed by atoms with Gasteiger partial charge >= 0.3 is 0 Å². The summed E-state index contributed by atoms with van der Waals surface area (Å²) in [5.74, 6) is -0.223. The zero-order chi connectivity index (χ0) is 23.0. The fourth-order valence-corrected chi connectivity index (χ4v) is 3.39. The molecule has 0 aliphatic heterocycles. The van der Waals surface area contributed by atoms with Crippen LogP contribution in [0.4, 0.5) is 4.39 Å². The molecule has 1 N–H and O–H groups in total. The predicted molar refractivity (Wildman–Crippen MR) is 120 cm³/mol. The molecule has 0 aliphatic carbocycles. The number of nitrogens with zero attached hydrogens (tertiary/aromatic N) is 1. The number of benzene rings is 2. The van der Waals surface area contributed by atoms with Gasteiger partial charge in [0.05, 0.1) is 0 Å². The number of aryl methyl sites for hydroxylation is 2. The number of ether oxygens (including phenoxy) is 1. The first-order valence-corrected chi connectivity index (χ1v) is 10.8. The van der Waals surface area contributed by atoms with Gasteiger partial charge in [0.2, 0.25) is 5.91 Å². The molecule has 0 unspecified atom stereocenters. The molecular weight excluding hydrogens is 395 g/mol. The highest BCUT2D eigenvalue weighted by Crippen LogP contribution is 2.18. The molecule has 168 valence electrons. The van der Waals surface area contributed by atoms with E-state index < -0.39 is 6.04 Å². The summed E-state index contributed by atoms with van der Waals surface area (Å²) in [4.78, 5) is 27.6. The summed E-state index contributed by atoms with van der Waals surface area (Å²) in [6.45, 7) is 9.74. The highest BCUT2D eigenvalue weighted by atomic mass is 19.1. The number of amides is 2. The quantitative estimate of drug-likeness (QED) is 0.604. The number of nitrogens with one attached hydrogen (secondary N) is 1. The van der Waals surface area contributed by atoms with Crippen LogP contribution >= 0.6 is 0 Å². The smallest absolute Gasteiger partial charge is 0.261 e. The Morgan fingerprint density at radius 1 is 1.03 bits per heavy atom. The van der Waals surface area contributed by atoms with Crippen molar-refractivity contribution < 1.29 is 18.7 Å². The number of rotatable bonds is 10. The topological polar surface area (TPSA) is 58.6 Å². The Morgan fingerprint density at radius 3 is 2.19 bits per heavy atom. The third kappa shape index (κ3) is 7.39. The number of hydrogen-bond acceptors (Lipinski definition) is 3. The van der Waals surface area contributed by atoms with Crippen molar-refractivity contribution in [2.75, 3.05) is 6.61 Å². The average molecular weight is 429 g/mol. The Kier molecular flexibility index (Phi) is 9.03. The van der Waals surface area contributed by atoms with Crippen LogP contribution in [-0.2, 0) is 16.1 Å². The Labute approximate surface area is 184 Å². The third-order valence-corrected chi connectivity index (χ3v) is 5.21. The molecule has 0 radical (unpaired) electrons. The van der Waals surface area contributed by atoms with Gasteiger partial charge in [-0.3, -0.25) is 9.59 Å². The van der Waals surface area contributed by atoms with Crippen LogP contribution in [0.2, 0.25) is 0 Å². The van der Waals surface area contributed by atoms with Crippen molar-refractivity contribution in [1.82, 2.24) is 10.2 Å². The van der Waals surface area contributed by atoms with E-state index in [9.17, 15) is 14.0 Å². The Morgan fingerprint density at radius 2 is 1.65 bits per heavy atom. The van der Waals surface area contributed by atoms with Gasteiger partial charge in [-0.05, 0) is 74.6 Å². The second-order valence-corrected chi connectivity index (χ2v) is 8.00. The first-order valence-electron chi connectivity index (χ1n) is 10.8. The maximum Gasteiger partial charge on any atom is 0.261 e. The van der Waals surface area contributed by atoms with Crippen molar-refractivity contribution in [3.05, 3.63) is 65.0 Å². The van der Waals surface area contributed by atoms with Crippen LogP contribution in [-0.4, -0.2) is 35.4 Å². The van der Waals surface area contributed by atoms with E-state index in [0.29, 0.717) is 12.2 Å².